The van der Waals surface area contributed by atoms with Gasteiger partial charge in [0.25, 0.3) is 0 Å². The van der Waals surface area contributed by atoms with Crippen LogP contribution in [-0.2, 0) is 15.4 Å². The predicted octanol–water partition coefficient (Wildman–Crippen LogP) is 2.04. The lowest BCUT2D eigenvalue weighted by Crippen LogP contribution is -2.17. The number of nitrogens with zero attached hydrogens (tertiary/aromatic N) is 1. The summed E-state index contributed by atoms with van der Waals surface area (Å²) in [6.07, 6.45) is 0. The summed E-state index contributed by atoms with van der Waals surface area (Å²) >= 11 is 1.58. The lowest BCUT2D eigenvalue weighted by atomic mass is 10.0. The highest BCUT2D eigenvalue weighted by Crippen LogP contribution is 2.22. The summed E-state index contributed by atoms with van der Waals surface area (Å²) in [4.78, 5) is 27.3. The summed E-state index contributed by atoms with van der Waals surface area (Å²) in [5, 5.41) is 3.62. The summed E-state index contributed by atoms with van der Waals surface area (Å²) in [6.45, 7) is 1.26. The number of Topliss-reactive ketones (excluding diaryl/α,β-unsaturated/α-hetero) is 1. The summed E-state index contributed by atoms with van der Waals surface area (Å²) in [5.74, 6) is 0.543. The average Bonchev–Trinajstić information content (AvgIpc) is 2.47. The molecule has 0 unspecified atom stereocenters. The first-order valence-electron chi connectivity index (χ1n) is 5.13. The van der Waals surface area contributed by atoms with Crippen LogP contribution in [0.3, 0.4) is 0 Å². The van der Waals surface area contributed by atoms with Crippen LogP contribution >= 0.6 is 11.8 Å². The Morgan fingerprint density at radius 2 is 2.12 bits per heavy atom. The minimum Gasteiger partial charge on any atom is -0.318 e. The van der Waals surface area contributed by atoms with Gasteiger partial charge in [-0.2, -0.15) is 11.8 Å². The van der Waals surface area contributed by atoms with Crippen molar-refractivity contribution in [3.8, 4) is 0 Å². The minimum atomic E-state index is -0.521. The number of hydrogen-bond donors (Lipinski definition) is 0. The molecular formula is C12H11NO3S. The van der Waals surface area contributed by atoms with Crippen LogP contribution in [0.4, 0.5) is 0 Å². The number of rotatable bonds is 1. The first-order valence-corrected chi connectivity index (χ1v) is 6.29. The van der Waals surface area contributed by atoms with Crippen LogP contribution in [0.15, 0.2) is 29.4 Å². The van der Waals surface area contributed by atoms with Crippen LogP contribution in [0.1, 0.15) is 22.8 Å². The van der Waals surface area contributed by atoms with E-state index in [0.717, 1.165) is 11.3 Å². The first-order chi connectivity index (χ1) is 8.18. The van der Waals surface area contributed by atoms with Gasteiger partial charge in [0.1, 0.15) is 5.71 Å². The lowest BCUT2D eigenvalue weighted by molar-refractivity contribution is -0.140. The zero-order valence-corrected chi connectivity index (χ0v) is 10.1. The van der Waals surface area contributed by atoms with Crippen LogP contribution in [0.5, 0.6) is 0 Å². The molecule has 1 heterocycles. The van der Waals surface area contributed by atoms with Gasteiger partial charge in [0.05, 0.1) is 0 Å². The van der Waals surface area contributed by atoms with Gasteiger partial charge in [0.15, 0.2) is 0 Å². The van der Waals surface area contributed by atoms with Crippen molar-refractivity contribution in [3.63, 3.8) is 0 Å². The molecular weight excluding hydrogens is 238 g/mol. The van der Waals surface area contributed by atoms with Crippen molar-refractivity contribution in [2.45, 2.75) is 12.7 Å². The highest BCUT2D eigenvalue weighted by Gasteiger charge is 2.22. The van der Waals surface area contributed by atoms with Crippen LogP contribution in [0, 0.1) is 0 Å². The molecule has 0 fully saturated rings. The largest absolute Gasteiger partial charge is 0.331 e. The van der Waals surface area contributed by atoms with Crippen LogP contribution in [-0.4, -0.2) is 23.2 Å². The lowest BCUT2D eigenvalue weighted by Gasteiger charge is -2.02. The van der Waals surface area contributed by atoms with Gasteiger partial charge in [0, 0.05) is 24.0 Å². The van der Waals surface area contributed by atoms with E-state index in [-0.39, 0.29) is 11.5 Å². The van der Waals surface area contributed by atoms with Gasteiger partial charge in [-0.1, -0.05) is 29.4 Å². The summed E-state index contributed by atoms with van der Waals surface area (Å²) < 4.78 is 0. The Morgan fingerprint density at radius 1 is 1.35 bits per heavy atom. The molecule has 88 valence electrons. The summed E-state index contributed by atoms with van der Waals surface area (Å²) in [6, 6.07) is 7.42. The highest BCUT2D eigenvalue weighted by molar-refractivity contribution is 7.99. The molecule has 0 aliphatic carbocycles. The number of thioether (sulfide) groups is 1. The zero-order chi connectivity index (χ0) is 12.3. The fourth-order valence-corrected chi connectivity index (χ4v) is 2.48. The van der Waals surface area contributed by atoms with Crippen molar-refractivity contribution in [2.75, 3.05) is 5.75 Å². The molecule has 0 aromatic heterocycles. The van der Waals surface area contributed by atoms with Gasteiger partial charge in [-0.3, -0.25) is 4.79 Å². The highest BCUT2D eigenvalue weighted by atomic mass is 32.2. The maximum absolute atomic E-state index is 12.1. The third kappa shape index (κ3) is 2.74. The Labute approximate surface area is 103 Å². The molecule has 1 aromatic rings. The monoisotopic (exact) mass is 249 g/mol. The van der Waals surface area contributed by atoms with E-state index in [2.05, 4.69) is 9.99 Å². The number of hydrogen-bond acceptors (Lipinski definition) is 5. The van der Waals surface area contributed by atoms with Crippen molar-refractivity contribution in [1.82, 2.24) is 0 Å². The topological polar surface area (TPSA) is 55.7 Å². The van der Waals surface area contributed by atoms with Crippen LogP contribution < -0.4 is 0 Å². The van der Waals surface area contributed by atoms with Crippen molar-refractivity contribution in [1.29, 1.82) is 0 Å². The third-order valence-electron chi connectivity index (χ3n) is 2.30. The van der Waals surface area contributed by atoms with Gasteiger partial charge in [0.2, 0.25) is 5.78 Å². The molecule has 17 heavy (non-hydrogen) atoms. The van der Waals surface area contributed by atoms with Crippen LogP contribution in [0.2, 0.25) is 0 Å². The zero-order valence-electron chi connectivity index (χ0n) is 9.30. The maximum Gasteiger partial charge on any atom is 0.331 e. The second-order valence-electron chi connectivity index (χ2n) is 3.60. The van der Waals surface area contributed by atoms with Crippen molar-refractivity contribution in [2.24, 2.45) is 5.16 Å². The van der Waals surface area contributed by atoms with E-state index < -0.39 is 5.97 Å². The average molecular weight is 249 g/mol. The van der Waals surface area contributed by atoms with Gasteiger partial charge in [-0.05, 0) is 5.56 Å². The molecule has 0 amide bonds. The molecule has 2 rings (SSSR count). The molecule has 1 aliphatic heterocycles. The van der Waals surface area contributed by atoms with E-state index >= 15 is 0 Å². The smallest absolute Gasteiger partial charge is 0.318 e. The Bertz CT molecular complexity index is 496. The van der Waals surface area contributed by atoms with Crippen molar-refractivity contribution < 1.29 is 14.4 Å². The fourth-order valence-electron chi connectivity index (χ4n) is 1.53. The first kappa shape index (κ1) is 11.9. The molecule has 5 heteroatoms. The Kier molecular flexibility index (Phi) is 3.58. The quantitative estimate of drug-likeness (QED) is 0.564. The van der Waals surface area contributed by atoms with Crippen molar-refractivity contribution in [3.05, 3.63) is 35.4 Å². The van der Waals surface area contributed by atoms with Gasteiger partial charge >= 0.3 is 5.97 Å². The summed E-state index contributed by atoms with van der Waals surface area (Å²) in [7, 11) is 0. The SMILES string of the molecule is CC(=O)O/N=C1\CSCc2ccccc2C1=O. The predicted molar refractivity (Wildman–Crippen MR) is 66.1 cm³/mol. The van der Waals surface area contributed by atoms with E-state index in [1.54, 1.807) is 17.8 Å². The number of benzene rings is 1. The molecule has 1 aromatic carbocycles. The van der Waals surface area contributed by atoms with Gasteiger partial charge in [-0.25, -0.2) is 4.79 Å². The number of carbonyl (C=O) groups is 2. The molecule has 0 radical (unpaired) electrons. The molecule has 0 saturated carbocycles. The Hall–Kier alpha value is -1.62. The standard InChI is InChI=1S/C12H11NO3S/c1-8(14)16-13-11-7-17-6-9-4-2-3-5-10(9)12(11)15/h2-5H,6-7H2,1H3/b13-11+. The maximum atomic E-state index is 12.1. The normalized spacial score (nSPS) is 17.5. The third-order valence-corrected chi connectivity index (χ3v) is 3.30. The molecule has 0 saturated heterocycles. The molecule has 4 nitrogen and oxygen atoms in total. The number of fused-ring (bicyclic) bond motifs is 1. The van der Waals surface area contributed by atoms with Crippen LogP contribution in [0.25, 0.3) is 0 Å². The fraction of sp³-hybridized carbons (Fsp3) is 0.250. The molecule has 0 N–H and O–H groups in total. The number of oxime groups is 1. The Morgan fingerprint density at radius 3 is 2.88 bits per heavy atom. The second-order valence-corrected chi connectivity index (χ2v) is 4.59. The number of carbonyl (C=O) groups excluding carboxylic acids is 2. The van der Waals surface area contributed by atoms with Gasteiger partial charge in [-0.15, -0.1) is 0 Å². The Balaban J connectivity index is 2.32. The summed E-state index contributed by atoms with van der Waals surface area (Å²) in [5.41, 5.74) is 1.93. The molecule has 1 aliphatic rings. The molecule has 0 atom stereocenters. The van der Waals surface area contributed by atoms with E-state index in [4.69, 9.17) is 0 Å². The van der Waals surface area contributed by atoms with E-state index in [1.165, 1.54) is 6.92 Å². The molecule has 0 spiro atoms. The van der Waals surface area contributed by atoms with E-state index in [1.807, 2.05) is 18.2 Å². The number of ketones is 1. The second kappa shape index (κ2) is 5.14. The van der Waals surface area contributed by atoms with Crippen molar-refractivity contribution >= 4 is 29.2 Å². The minimum absolute atomic E-state index is 0.160. The van der Waals surface area contributed by atoms with E-state index in [9.17, 15) is 9.59 Å². The molecule has 0 bridgehead atoms. The van der Waals surface area contributed by atoms with Gasteiger partial charge < -0.3 is 4.84 Å². The van der Waals surface area contributed by atoms with E-state index in [0.29, 0.717) is 11.3 Å².